The molecule has 0 bridgehead atoms. The van der Waals surface area contributed by atoms with Gasteiger partial charge in [0.1, 0.15) is 17.9 Å². The lowest BCUT2D eigenvalue weighted by atomic mass is 10.3. The van der Waals surface area contributed by atoms with Crippen LogP contribution in [0.2, 0.25) is 10.0 Å². The van der Waals surface area contributed by atoms with Crippen LogP contribution in [-0.2, 0) is 0 Å². The van der Waals surface area contributed by atoms with E-state index in [1.54, 1.807) is 12.1 Å². The predicted octanol–water partition coefficient (Wildman–Crippen LogP) is 5.47. The molecule has 0 radical (unpaired) electrons. The SMILES string of the molecule is CCCNc1ncnc(Oc2cc(Cl)c(Br)cc2Cl)c1C. The molecule has 1 N–H and O–H groups in total. The first-order chi connectivity index (χ1) is 10.0. The molecule has 7 heteroatoms. The van der Waals surface area contributed by atoms with E-state index in [1.165, 1.54) is 6.33 Å². The van der Waals surface area contributed by atoms with Crippen LogP contribution in [0.15, 0.2) is 22.9 Å². The number of hydrogen-bond donors (Lipinski definition) is 1. The molecule has 0 spiro atoms. The molecule has 4 nitrogen and oxygen atoms in total. The minimum atomic E-state index is 0.448. The summed E-state index contributed by atoms with van der Waals surface area (Å²) in [7, 11) is 0. The van der Waals surface area contributed by atoms with E-state index in [4.69, 9.17) is 27.9 Å². The van der Waals surface area contributed by atoms with Gasteiger partial charge in [-0.25, -0.2) is 9.97 Å². The topological polar surface area (TPSA) is 47.0 Å². The van der Waals surface area contributed by atoms with Gasteiger partial charge in [-0.1, -0.05) is 30.1 Å². The highest BCUT2D eigenvalue weighted by Gasteiger charge is 2.12. The van der Waals surface area contributed by atoms with E-state index in [9.17, 15) is 0 Å². The number of benzene rings is 1. The molecule has 2 rings (SSSR count). The van der Waals surface area contributed by atoms with Gasteiger partial charge in [0.2, 0.25) is 5.88 Å². The Balaban J connectivity index is 2.29. The summed E-state index contributed by atoms with van der Waals surface area (Å²) in [5, 5.41) is 4.20. The Labute approximate surface area is 142 Å². The molecule has 1 aromatic carbocycles. The molecule has 0 saturated carbocycles. The molecule has 2 aromatic rings. The molecule has 0 unspecified atom stereocenters. The first-order valence-electron chi connectivity index (χ1n) is 6.40. The Bertz CT molecular complexity index is 652. The maximum absolute atomic E-state index is 6.15. The van der Waals surface area contributed by atoms with E-state index in [1.807, 2.05) is 6.92 Å². The van der Waals surface area contributed by atoms with Gasteiger partial charge in [-0.3, -0.25) is 0 Å². The van der Waals surface area contributed by atoms with Crippen LogP contribution in [0.3, 0.4) is 0 Å². The summed E-state index contributed by atoms with van der Waals surface area (Å²) in [4.78, 5) is 8.35. The van der Waals surface area contributed by atoms with Crippen molar-refractivity contribution in [3.63, 3.8) is 0 Å². The number of aromatic nitrogens is 2. The van der Waals surface area contributed by atoms with Crippen molar-refractivity contribution in [2.75, 3.05) is 11.9 Å². The third-order valence-electron chi connectivity index (χ3n) is 2.76. The van der Waals surface area contributed by atoms with Crippen LogP contribution in [0.25, 0.3) is 0 Å². The number of hydrogen-bond acceptors (Lipinski definition) is 4. The summed E-state index contributed by atoms with van der Waals surface area (Å²) in [6.07, 6.45) is 2.46. The second-order valence-electron chi connectivity index (χ2n) is 4.38. The van der Waals surface area contributed by atoms with Crippen molar-refractivity contribution >= 4 is 44.9 Å². The van der Waals surface area contributed by atoms with Crippen molar-refractivity contribution < 1.29 is 4.74 Å². The third-order valence-corrected chi connectivity index (χ3v) is 4.25. The molecule has 112 valence electrons. The third kappa shape index (κ3) is 3.99. The van der Waals surface area contributed by atoms with E-state index >= 15 is 0 Å². The van der Waals surface area contributed by atoms with Gasteiger partial charge in [-0.15, -0.1) is 0 Å². The Morgan fingerprint density at radius 2 is 2.00 bits per heavy atom. The Kier molecular flexibility index (Phi) is 5.67. The Morgan fingerprint density at radius 1 is 1.24 bits per heavy atom. The van der Waals surface area contributed by atoms with E-state index in [0.717, 1.165) is 24.3 Å². The minimum absolute atomic E-state index is 0.448. The van der Waals surface area contributed by atoms with Crippen molar-refractivity contribution in [3.05, 3.63) is 38.5 Å². The molecular weight excluding hydrogens is 377 g/mol. The van der Waals surface area contributed by atoms with E-state index in [2.05, 4.69) is 38.1 Å². The van der Waals surface area contributed by atoms with Gasteiger partial charge in [0.25, 0.3) is 0 Å². The average Bonchev–Trinajstić information content (AvgIpc) is 2.45. The van der Waals surface area contributed by atoms with Gasteiger partial charge < -0.3 is 10.1 Å². The maximum Gasteiger partial charge on any atom is 0.227 e. The van der Waals surface area contributed by atoms with Gasteiger partial charge >= 0.3 is 0 Å². The summed E-state index contributed by atoms with van der Waals surface area (Å²) >= 11 is 15.5. The van der Waals surface area contributed by atoms with E-state index in [0.29, 0.717) is 26.1 Å². The second kappa shape index (κ2) is 7.29. The van der Waals surface area contributed by atoms with Gasteiger partial charge in [0, 0.05) is 17.1 Å². The molecule has 0 fully saturated rings. The number of halogens is 3. The predicted molar refractivity (Wildman–Crippen MR) is 89.8 cm³/mol. The van der Waals surface area contributed by atoms with Gasteiger partial charge in [0.15, 0.2) is 0 Å². The summed E-state index contributed by atoms with van der Waals surface area (Å²) in [6.45, 7) is 4.81. The normalized spacial score (nSPS) is 10.5. The number of nitrogens with one attached hydrogen (secondary N) is 1. The molecular formula is C14H14BrCl2N3O. The zero-order chi connectivity index (χ0) is 15.4. The molecule has 0 atom stereocenters. The number of anilines is 1. The lowest BCUT2D eigenvalue weighted by Gasteiger charge is -2.13. The van der Waals surface area contributed by atoms with E-state index < -0.39 is 0 Å². The fraction of sp³-hybridized carbons (Fsp3) is 0.286. The molecule has 0 amide bonds. The summed E-state index contributed by atoms with van der Waals surface area (Å²) in [6, 6.07) is 3.33. The molecule has 1 aromatic heterocycles. The lowest BCUT2D eigenvalue weighted by molar-refractivity contribution is 0.458. The standard InChI is InChI=1S/C14H14BrCl2N3O/c1-3-4-18-13-8(2)14(20-7-19-13)21-12-6-10(16)9(15)5-11(12)17/h5-7H,3-4H2,1-2H3,(H,18,19,20). The Hall–Kier alpha value is -1.04. The van der Waals surface area contributed by atoms with Crippen molar-refractivity contribution in [1.82, 2.24) is 9.97 Å². The Morgan fingerprint density at radius 3 is 2.71 bits per heavy atom. The van der Waals surface area contributed by atoms with Gasteiger partial charge in [0.05, 0.1) is 15.6 Å². The number of nitrogens with zero attached hydrogens (tertiary/aromatic N) is 2. The molecule has 0 aliphatic rings. The van der Waals surface area contributed by atoms with Crippen LogP contribution in [-0.4, -0.2) is 16.5 Å². The van der Waals surface area contributed by atoms with Crippen LogP contribution >= 0.6 is 39.1 Å². The van der Waals surface area contributed by atoms with E-state index in [-0.39, 0.29) is 0 Å². The smallest absolute Gasteiger partial charge is 0.227 e. The summed E-state index contributed by atoms with van der Waals surface area (Å²) < 4.78 is 6.48. The largest absolute Gasteiger partial charge is 0.437 e. The van der Waals surface area contributed by atoms with Crippen molar-refractivity contribution in [2.45, 2.75) is 20.3 Å². The van der Waals surface area contributed by atoms with Crippen molar-refractivity contribution in [2.24, 2.45) is 0 Å². The number of ether oxygens (including phenoxy) is 1. The monoisotopic (exact) mass is 389 g/mol. The number of rotatable bonds is 5. The van der Waals surface area contributed by atoms with Crippen LogP contribution < -0.4 is 10.1 Å². The second-order valence-corrected chi connectivity index (χ2v) is 6.05. The molecule has 0 aliphatic carbocycles. The first kappa shape index (κ1) is 16.3. The molecule has 0 saturated heterocycles. The van der Waals surface area contributed by atoms with Crippen LogP contribution in [0, 0.1) is 6.92 Å². The van der Waals surface area contributed by atoms with Gasteiger partial charge in [-0.05, 0) is 35.3 Å². The fourth-order valence-electron chi connectivity index (χ4n) is 1.65. The van der Waals surface area contributed by atoms with Gasteiger partial charge in [-0.2, -0.15) is 0 Å². The van der Waals surface area contributed by atoms with Crippen molar-refractivity contribution in [3.8, 4) is 11.6 Å². The molecule has 0 aliphatic heterocycles. The average molecular weight is 391 g/mol. The van der Waals surface area contributed by atoms with Crippen LogP contribution in [0.1, 0.15) is 18.9 Å². The highest BCUT2D eigenvalue weighted by atomic mass is 79.9. The summed E-state index contributed by atoms with van der Waals surface area (Å²) in [5.41, 5.74) is 0.820. The quantitative estimate of drug-likeness (QED) is 0.687. The zero-order valence-corrected chi connectivity index (χ0v) is 14.7. The molecule has 1 heterocycles. The van der Waals surface area contributed by atoms with Crippen molar-refractivity contribution in [1.29, 1.82) is 0 Å². The lowest BCUT2D eigenvalue weighted by Crippen LogP contribution is -2.05. The van der Waals surface area contributed by atoms with Crippen LogP contribution in [0.4, 0.5) is 5.82 Å². The first-order valence-corrected chi connectivity index (χ1v) is 7.95. The molecule has 21 heavy (non-hydrogen) atoms. The minimum Gasteiger partial charge on any atom is -0.437 e. The van der Waals surface area contributed by atoms with Crippen LogP contribution in [0.5, 0.6) is 11.6 Å². The highest BCUT2D eigenvalue weighted by Crippen LogP contribution is 2.37. The summed E-state index contributed by atoms with van der Waals surface area (Å²) in [5.74, 6) is 1.65. The highest BCUT2D eigenvalue weighted by molar-refractivity contribution is 9.10. The fourth-order valence-corrected chi connectivity index (χ4v) is 2.48. The zero-order valence-electron chi connectivity index (χ0n) is 11.6. The maximum atomic E-state index is 6.15.